The Morgan fingerprint density at radius 1 is 1.03 bits per heavy atom. The van der Waals surface area contributed by atoms with Gasteiger partial charge in [0.15, 0.2) is 0 Å². The number of ether oxygens (including phenoxy) is 1. The van der Waals surface area contributed by atoms with Gasteiger partial charge < -0.3 is 9.64 Å². The highest BCUT2D eigenvalue weighted by atomic mass is 35.5. The van der Waals surface area contributed by atoms with Crippen molar-refractivity contribution in [3.05, 3.63) is 59.8 Å². The molecule has 1 saturated heterocycles. The molecule has 1 aliphatic carbocycles. The van der Waals surface area contributed by atoms with Crippen LogP contribution in [-0.4, -0.2) is 35.0 Å². The first-order valence-corrected chi connectivity index (χ1v) is 10.7. The molecule has 2 fully saturated rings. The van der Waals surface area contributed by atoms with Crippen LogP contribution < -0.4 is 4.74 Å². The molecule has 148 valence electrons. The van der Waals surface area contributed by atoms with Crippen molar-refractivity contribution in [3.8, 4) is 16.9 Å². The van der Waals surface area contributed by atoms with E-state index in [1.165, 1.54) is 0 Å². The first-order valence-electron chi connectivity index (χ1n) is 10.3. The number of likely N-dealkylation sites (tertiary alicyclic amines) is 1. The summed E-state index contributed by atoms with van der Waals surface area (Å²) < 4.78 is 6.17. The number of hydrogen-bond donors (Lipinski definition) is 0. The molecule has 2 heterocycles. The molecule has 5 rings (SSSR count). The summed E-state index contributed by atoms with van der Waals surface area (Å²) in [4.78, 5) is 18.6. The van der Waals surface area contributed by atoms with Crippen LogP contribution in [0.25, 0.3) is 22.0 Å². The topological polar surface area (TPSA) is 42.4 Å². The minimum Gasteiger partial charge on any atom is -0.490 e. The van der Waals surface area contributed by atoms with E-state index >= 15 is 0 Å². The average Bonchev–Trinajstić information content (AvgIpc) is 3.59. The first-order chi connectivity index (χ1) is 14.2. The summed E-state index contributed by atoms with van der Waals surface area (Å²) in [5.41, 5.74) is 2.94. The number of amides is 1. The standard InChI is InChI=1S/C24H23ClN2O2/c25-22-14-18-2-1-11-26-23(18)15-21(22)16-5-7-19(8-6-16)29-20-9-12-27(13-10-20)24(28)17-3-4-17/h1-2,5-8,11,14-15,17,20H,3-4,9-10,12-13H2. The Morgan fingerprint density at radius 2 is 1.79 bits per heavy atom. The third-order valence-electron chi connectivity index (χ3n) is 5.84. The van der Waals surface area contributed by atoms with Gasteiger partial charge in [-0.25, -0.2) is 0 Å². The zero-order valence-corrected chi connectivity index (χ0v) is 16.9. The number of halogens is 1. The van der Waals surface area contributed by atoms with Crippen molar-refractivity contribution in [2.75, 3.05) is 13.1 Å². The van der Waals surface area contributed by atoms with Gasteiger partial charge in [-0.15, -0.1) is 0 Å². The summed E-state index contributed by atoms with van der Waals surface area (Å²) >= 11 is 6.51. The van der Waals surface area contributed by atoms with Gasteiger partial charge in [0.25, 0.3) is 0 Å². The molecule has 1 saturated carbocycles. The molecule has 1 aliphatic heterocycles. The number of hydrogen-bond acceptors (Lipinski definition) is 3. The minimum atomic E-state index is 0.164. The second kappa shape index (κ2) is 7.68. The quantitative estimate of drug-likeness (QED) is 0.587. The van der Waals surface area contributed by atoms with Crippen LogP contribution in [0, 0.1) is 5.92 Å². The average molecular weight is 407 g/mol. The number of fused-ring (bicyclic) bond motifs is 1. The maximum atomic E-state index is 12.2. The molecule has 0 radical (unpaired) electrons. The molecule has 3 aromatic rings. The van der Waals surface area contributed by atoms with E-state index in [0.29, 0.717) is 16.8 Å². The molecule has 0 unspecified atom stereocenters. The van der Waals surface area contributed by atoms with E-state index in [9.17, 15) is 4.79 Å². The van der Waals surface area contributed by atoms with Gasteiger partial charge in [-0.05, 0) is 48.7 Å². The molecule has 1 aromatic heterocycles. The summed E-state index contributed by atoms with van der Waals surface area (Å²) in [5.74, 6) is 1.50. The highest BCUT2D eigenvalue weighted by molar-refractivity contribution is 6.34. The Kier molecular flexibility index (Phi) is 4.88. The predicted molar refractivity (Wildman–Crippen MR) is 115 cm³/mol. The van der Waals surface area contributed by atoms with E-state index in [4.69, 9.17) is 16.3 Å². The lowest BCUT2D eigenvalue weighted by Gasteiger charge is -2.32. The lowest BCUT2D eigenvalue weighted by atomic mass is 10.0. The Morgan fingerprint density at radius 3 is 2.52 bits per heavy atom. The number of rotatable bonds is 4. The number of pyridine rings is 1. The lowest BCUT2D eigenvalue weighted by molar-refractivity contribution is -0.134. The van der Waals surface area contributed by atoms with E-state index in [0.717, 1.165) is 66.6 Å². The molecule has 4 nitrogen and oxygen atoms in total. The van der Waals surface area contributed by atoms with Gasteiger partial charge in [-0.3, -0.25) is 9.78 Å². The summed E-state index contributed by atoms with van der Waals surface area (Å²) in [5, 5.41) is 1.75. The van der Waals surface area contributed by atoms with Crippen LogP contribution in [0.3, 0.4) is 0 Å². The van der Waals surface area contributed by atoms with Crippen molar-refractivity contribution in [2.24, 2.45) is 5.92 Å². The molecule has 1 amide bonds. The largest absolute Gasteiger partial charge is 0.490 e. The molecule has 0 N–H and O–H groups in total. The van der Waals surface area contributed by atoms with Crippen LogP contribution in [-0.2, 0) is 4.79 Å². The molecule has 2 aromatic carbocycles. The van der Waals surface area contributed by atoms with Crippen molar-refractivity contribution in [1.82, 2.24) is 9.88 Å². The smallest absolute Gasteiger partial charge is 0.225 e. The highest BCUT2D eigenvalue weighted by Gasteiger charge is 2.35. The van der Waals surface area contributed by atoms with Crippen LogP contribution >= 0.6 is 11.6 Å². The Bertz CT molecular complexity index is 1040. The number of carbonyl (C=O) groups is 1. The summed E-state index contributed by atoms with van der Waals surface area (Å²) in [7, 11) is 0. The summed E-state index contributed by atoms with van der Waals surface area (Å²) in [6, 6.07) is 16.0. The fraction of sp³-hybridized carbons (Fsp3) is 0.333. The molecule has 2 aliphatic rings. The van der Waals surface area contributed by atoms with Gasteiger partial charge in [0.2, 0.25) is 5.91 Å². The number of benzene rings is 2. The second-order valence-electron chi connectivity index (χ2n) is 7.97. The van der Waals surface area contributed by atoms with Gasteiger partial charge in [0, 0.05) is 54.0 Å². The van der Waals surface area contributed by atoms with Crippen molar-refractivity contribution < 1.29 is 9.53 Å². The maximum Gasteiger partial charge on any atom is 0.225 e. The molecule has 0 spiro atoms. The molecule has 29 heavy (non-hydrogen) atoms. The van der Waals surface area contributed by atoms with E-state index in [-0.39, 0.29) is 6.10 Å². The normalized spacial score (nSPS) is 17.5. The Balaban J connectivity index is 1.25. The van der Waals surface area contributed by atoms with Gasteiger partial charge in [-0.2, -0.15) is 0 Å². The zero-order valence-electron chi connectivity index (χ0n) is 16.2. The van der Waals surface area contributed by atoms with Crippen molar-refractivity contribution in [1.29, 1.82) is 0 Å². The van der Waals surface area contributed by atoms with Crippen LogP contribution in [0.2, 0.25) is 5.02 Å². The third-order valence-corrected chi connectivity index (χ3v) is 6.15. The maximum absolute atomic E-state index is 12.2. The SMILES string of the molecule is O=C(C1CC1)N1CCC(Oc2ccc(-c3cc4ncccc4cc3Cl)cc2)CC1. The molecule has 0 bridgehead atoms. The van der Waals surface area contributed by atoms with Crippen molar-refractivity contribution >= 4 is 28.4 Å². The number of aromatic nitrogens is 1. The Hall–Kier alpha value is -2.59. The van der Waals surface area contributed by atoms with Crippen LogP contribution in [0.1, 0.15) is 25.7 Å². The molecular weight excluding hydrogens is 384 g/mol. The van der Waals surface area contributed by atoms with Gasteiger partial charge >= 0.3 is 0 Å². The van der Waals surface area contributed by atoms with Gasteiger partial charge in [0.05, 0.1) is 5.52 Å². The predicted octanol–water partition coefficient (Wildman–Crippen LogP) is 5.34. The van der Waals surface area contributed by atoms with E-state index in [1.807, 2.05) is 53.4 Å². The highest BCUT2D eigenvalue weighted by Crippen LogP contribution is 2.34. The minimum absolute atomic E-state index is 0.164. The molecule has 5 heteroatoms. The van der Waals surface area contributed by atoms with E-state index < -0.39 is 0 Å². The summed E-state index contributed by atoms with van der Waals surface area (Å²) in [6.45, 7) is 1.61. The van der Waals surface area contributed by atoms with Crippen LogP contribution in [0.5, 0.6) is 5.75 Å². The molecule has 0 atom stereocenters. The molecular formula is C24H23ClN2O2. The van der Waals surface area contributed by atoms with Gasteiger partial charge in [0.1, 0.15) is 11.9 Å². The van der Waals surface area contributed by atoms with Gasteiger partial charge in [-0.1, -0.05) is 29.8 Å². The number of piperidine rings is 1. The van der Waals surface area contributed by atoms with Crippen molar-refractivity contribution in [2.45, 2.75) is 31.8 Å². The van der Waals surface area contributed by atoms with E-state index in [2.05, 4.69) is 4.98 Å². The fourth-order valence-corrected chi connectivity index (χ4v) is 4.28. The zero-order chi connectivity index (χ0) is 19.8. The number of nitrogens with zero attached hydrogens (tertiary/aromatic N) is 2. The van der Waals surface area contributed by atoms with E-state index in [1.54, 1.807) is 6.20 Å². The van der Waals surface area contributed by atoms with Crippen LogP contribution in [0.15, 0.2) is 54.7 Å². The summed E-state index contributed by atoms with van der Waals surface area (Å²) in [6.07, 6.45) is 5.88. The fourth-order valence-electron chi connectivity index (χ4n) is 4.00. The van der Waals surface area contributed by atoms with Crippen molar-refractivity contribution in [3.63, 3.8) is 0 Å². The van der Waals surface area contributed by atoms with Crippen LogP contribution in [0.4, 0.5) is 0 Å². The third kappa shape index (κ3) is 3.95. The number of carbonyl (C=O) groups excluding carboxylic acids is 1. The Labute approximate surface area is 175 Å². The monoisotopic (exact) mass is 406 g/mol. The lowest BCUT2D eigenvalue weighted by Crippen LogP contribution is -2.42. The first kappa shape index (κ1) is 18.4. The second-order valence-corrected chi connectivity index (χ2v) is 8.38.